The molecule has 1 amide bonds. The number of carbonyl (C=O) groups excluding carboxylic acids is 1. The van der Waals surface area contributed by atoms with Crippen molar-refractivity contribution < 1.29 is 4.79 Å². The van der Waals surface area contributed by atoms with Crippen LogP contribution in [-0.4, -0.2) is 41.9 Å². The Bertz CT molecular complexity index is 736. The lowest BCUT2D eigenvalue weighted by molar-refractivity contribution is 0.0628. The molecule has 0 aromatic heterocycles. The first kappa shape index (κ1) is 17.0. The largest absolute Gasteiger partial charge is 0.336 e. The van der Waals surface area contributed by atoms with Crippen LogP contribution >= 0.6 is 11.6 Å². The van der Waals surface area contributed by atoms with E-state index in [9.17, 15) is 4.79 Å². The summed E-state index contributed by atoms with van der Waals surface area (Å²) in [4.78, 5) is 17.1. The van der Waals surface area contributed by atoms with Crippen LogP contribution in [0.1, 0.15) is 27.0 Å². The Morgan fingerprint density at radius 3 is 2.42 bits per heavy atom. The molecular formula is C20H23ClN2O. The van der Waals surface area contributed by atoms with E-state index >= 15 is 0 Å². The van der Waals surface area contributed by atoms with Crippen LogP contribution in [0.15, 0.2) is 42.5 Å². The van der Waals surface area contributed by atoms with Gasteiger partial charge in [-0.25, -0.2) is 0 Å². The zero-order chi connectivity index (χ0) is 17.1. The molecule has 2 aromatic carbocycles. The molecule has 0 atom stereocenters. The summed E-state index contributed by atoms with van der Waals surface area (Å²) in [5, 5.41) is 0.811. The number of carbonyl (C=O) groups is 1. The summed E-state index contributed by atoms with van der Waals surface area (Å²) >= 11 is 6.24. The van der Waals surface area contributed by atoms with Crippen LogP contribution in [-0.2, 0) is 6.54 Å². The molecule has 4 heteroatoms. The number of amides is 1. The van der Waals surface area contributed by atoms with Crippen LogP contribution < -0.4 is 0 Å². The van der Waals surface area contributed by atoms with Crippen molar-refractivity contribution in [2.45, 2.75) is 20.4 Å². The Kier molecular flexibility index (Phi) is 5.22. The molecule has 0 N–H and O–H groups in total. The topological polar surface area (TPSA) is 23.6 Å². The summed E-state index contributed by atoms with van der Waals surface area (Å²) in [6, 6.07) is 14.0. The van der Waals surface area contributed by atoms with E-state index < -0.39 is 0 Å². The molecule has 0 spiro atoms. The smallest absolute Gasteiger partial charge is 0.254 e. The Hall–Kier alpha value is -1.84. The molecule has 1 saturated heterocycles. The van der Waals surface area contributed by atoms with E-state index in [4.69, 9.17) is 11.6 Å². The second kappa shape index (κ2) is 7.37. The van der Waals surface area contributed by atoms with Gasteiger partial charge in [0.2, 0.25) is 0 Å². The molecule has 3 nitrogen and oxygen atoms in total. The fourth-order valence-electron chi connectivity index (χ4n) is 3.20. The van der Waals surface area contributed by atoms with Crippen LogP contribution in [0.2, 0.25) is 5.02 Å². The van der Waals surface area contributed by atoms with Crippen molar-refractivity contribution in [1.82, 2.24) is 9.80 Å². The lowest BCUT2D eigenvalue weighted by Crippen LogP contribution is -2.48. The highest BCUT2D eigenvalue weighted by Gasteiger charge is 2.23. The van der Waals surface area contributed by atoms with E-state index in [-0.39, 0.29) is 5.91 Å². The Morgan fingerprint density at radius 2 is 1.75 bits per heavy atom. The number of benzene rings is 2. The quantitative estimate of drug-likeness (QED) is 0.844. The fraction of sp³-hybridized carbons (Fsp3) is 0.350. The molecule has 3 rings (SSSR count). The monoisotopic (exact) mass is 342 g/mol. The molecule has 1 aliphatic heterocycles. The predicted octanol–water partition coefficient (Wildman–Crippen LogP) is 3.91. The lowest BCUT2D eigenvalue weighted by Gasteiger charge is -2.35. The van der Waals surface area contributed by atoms with Crippen molar-refractivity contribution >= 4 is 17.5 Å². The SMILES string of the molecule is Cc1ccc(C(=O)N2CCN(Cc3ccccc3Cl)CC2)c(C)c1. The van der Waals surface area contributed by atoms with Crippen LogP contribution in [0.25, 0.3) is 0 Å². The van der Waals surface area contributed by atoms with Gasteiger partial charge in [0.1, 0.15) is 0 Å². The second-order valence-electron chi connectivity index (χ2n) is 6.48. The van der Waals surface area contributed by atoms with Crippen LogP contribution in [0.4, 0.5) is 0 Å². The van der Waals surface area contributed by atoms with Crippen molar-refractivity contribution in [3.8, 4) is 0 Å². The molecule has 0 saturated carbocycles. The van der Waals surface area contributed by atoms with Gasteiger partial charge in [0.25, 0.3) is 5.91 Å². The fourth-order valence-corrected chi connectivity index (χ4v) is 3.40. The molecule has 1 aliphatic rings. The Morgan fingerprint density at radius 1 is 1.04 bits per heavy atom. The van der Waals surface area contributed by atoms with E-state index in [1.165, 1.54) is 5.56 Å². The van der Waals surface area contributed by atoms with Gasteiger partial charge in [0.15, 0.2) is 0 Å². The molecule has 0 aliphatic carbocycles. The maximum Gasteiger partial charge on any atom is 0.254 e. The van der Waals surface area contributed by atoms with Gasteiger partial charge in [-0.2, -0.15) is 0 Å². The number of rotatable bonds is 3. The average Bonchev–Trinajstić information content (AvgIpc) is 2.57. The van der Waals surface area contributed by atoms with Crippen molar-refractivity contribution in [1.29, 1.82) is 0 Å². The summed E-state index contributed by atoms with van der Waals surface area (Å²) in [7, 11) is 0. The molecule has 0 unspecified atom stereocenters. The van der Waals surface area contributed by atoms with Crippen LogP contribution in [0, 0.1) is 13.8 Å². The minimum atomic E-state index is 0.143. The van der Waals surface area contributed by atoms with Crippen molar-refractivity contribution in [3.05, 3.63) is 69.7 Å². The molecule has 2 aromatic rings. The summed E-state index contributed by atoms with van der Waals surface area (Å²) in [6.07, 6.45) is 0. The van der Waals surface area contributed by atoms with Crippen LogP contribution in [0.3, 0.4) is 0 Å². The minimum absolute atomic E-state index is 0.143. The summed E-state index contributed by atoms with van der Waals surface area (Å²) < 4.78 is 0. The molecule has 1 heterocycles. The number of nitrogens with zero attached hydrogens (tertiary/aromatic N) is 2. The molecule has 0 bridgehead atoms. The highest BCUT2D eigenvalue weighted by atomic mass is 35.5. The highest BCUT2D eigenvalue weighted by molar-refractivity contribution is 6.31. The lowest BCUT2D eigenvalue weighted by atomic mass is 10.0. The summed E-state index contributed by atoms with van der Waals surface area (Å²) in [5.74, 6) is 0.143. The molecule has 24 heavy (non-hydrogen) atoms. The Balaban J connectivity index is 1.60. The third kappa shape index (κ3) is 3.80. The number of piperazine rings is 1. The number of hydrogen-bond donors (Lipinski definition) is 0. The maximum atomic E-state index is 12.7. The van der Waals surface area contributed by atoms with Gasteiger partial charge in [-0.3, -0.25) is 9.69 Å². The van der Waals surface area contributed by atoms with Crippen LogP contribution in [0.5, 0.6) is 0 Å². The van der Waals surface area contributed by atoms with Gasteiger partial charge >= 0.3 is 0 Å². The van der Waals surface area contributed by atoms with Gasteiger partial charge in [-0.15, -0.1) is 0 Å². The molecule has 1 fully saturated rings. The summed E-state index contributed by atoms with van der Waals surface area (Å²) in [5.41, 5.74) is 4.21. The van der Waals surface area contributed by atoms with E-state index in [1.807, 2.05) is 42.2 Å². The number of hydrogen-bond acceptors (Lipinski definition) is 2. The third-order valence-corrected chi connectivity index (χ3v) is 4.99. The minimum Gasteiger partial charge on any atom is -0.336 e. The van der Waals surface area contributed by atoms with E-state index in [1.54, 1.807) is 0 Å². The van der Waals surface area contributed by atoms with E-state index in [0.717, 1.165) is 54.4 Å². The molecule has 0 radical (unpaired) electrons. The first-order chi connectivity index (χ1) is 11.5. The van der Waals surface area contributed by atoms with Crippen molar-refractivity contribution in [2.24, 2.45) is 0 Å². The van der Waals surface area contributed by atoms with Gasteiger partial charge in [-0.1, -0.05) is 47.5 Å². The van der Waals surface area contributed by atoms with Gasteiger partial charge in [0, 0.05) is 43.3 Å². The summed E-state index contributed by atoms with van der Waals surface area (Å²) in [6.45, 7) is 8.17. The second-order valence-corrected chi connectivity index (χ2v) is 6.89. The highest BCUT2D eigenvalue weighted by Crippen LogP contribution is 2.19. The molecule has 126 valence electrons. The zero-order valence-corrected chi connectivity index (χ0v) is 15.0. The van der Waals surface area contributed by atoms with Crippen molar-refractivity contribution in [2.75, 3.05) is 26.2 Å². The first-order valence-corrected chi connectivity index (χ1v) is 8.74. The van der Waals surface area contributed by atoms with Gasteiger partial charge < -0.3 is 4.90 Å². The predicted molar refractivity (Wildman–Crippen MR) is 98.5 cm³/mol. The standard InChI is InChI=1S/C20H23ClN2O/c1-15-7-8-18(16(2)13-15)20(24)23-11-9-22(10-12-23)14-17-5-3-4-6-19(17)21/h3-8,13H,9-12,14H2,1-2H3. The number of aryl methyl sites for hydroxylation is 2. The first-order valence-electron chi connectivity index (χ1n) is 8.37. The maximum absolute atomic E-state index is 12.7. The van der Waals surface area contributed by atoms with Crippen molar-refractivity contribution in [3.63, 3.8) is 0 Å². The average molecular weight is 343 g/mol. The number of halogens is 1. The Labute approximate surface area is 148 Å². The van der Waals surface area contributed by atoms with E-state index in [0.29, 0.717) is 0 Å². The molecular weight excluding hydrogens is 320 g/mol. The van der Waals surface area contributed by atoms with E-state index in [2.05, 4.69) is 24.0 Å². The van der Waals surface area contributed by atoms with Gasteiger partial charge in [0.05, 0.1) is 0 Å². The van der Waals surface area contributed by atoms with Gasteiger partial charge in [-0.05, 0) is 37.1 Å². The normalized spacial score (nSPS) is 15.5. The third-order valence-electron chi connectivity index (χ3n) is 4.62. The zero-order valence-electron chi connectivity index (χ0n) is 14.3.